The fourth-order valence-electron chi connectivity index (χ4n) is 4.19. The maximum atomic E-state index is 12.9. The van der Waals surface area contributed by atoms with Crippen LogP contribution in [0.2, 0.25) is 5.02 Å². The highest BCUT2D eigenvalue weighted by atomic mass is 35.5. The second-order valence-electron chi connectivity index (χ2n) is 8.73. The molecule has 4 aromatic rings. The van der Waals surface area contributed by atoms with Crippen LogP contribution in [-0.2, 0) is 19.5 Å². The lowest BCUT2D eigenvalue weighted by atomic mass is 9.99. The number of aromatic nitrogens is 4. The summed E-state index contributed by atoms with van der Waals surface area (Å²) in [5.74, 6) is -0.548. The molecule has 1 aliphatic rings. The molecule has 0 saturated carbocycles. The zero-order valence-electron chi connectivity index (χ0n) is 19.6. The van der Waals surface area contributed by atoms with E-state index in [4.69, 9.17) is 11.6 Å². The second-order valence-corrected chi connectivity index (χ2v) is 9.13. The molecule has 9 nitrogen and oxygen atoms in total. The number of likely N-dealkylation sites (N-methyl/N-ethyl adjacent to an activating group) is 1. The molecule has 0 atom stereocenters. The van der Waals surface area contributed by atoms with E-state index in [-0.39, 0.29) is 18.4 Å². The SMILES string of the molecule is CN1CCc2ccc(NC(=O)c3cccc(CNC(=O)c4cc(-n5cnnn5)ccc4Cl)c3)cc2C1. The molecule has 0 saturated heterocycles. The number of fused-ring (bicyclic) bond motifs is 1. The first-order valence-electron chi connectivity index (χ1n) is 11.5. The van der Waals surface area contributed by atoms with Gasteiger partial charge >= 0.3 is 0 Å². The molecule has 1 aromatic heterocycles. The minimum absolute atomic E-state index is 0.204. The first-order valence-corrected chi connectivity index (χ1v) is 11.9. The van der Waals surface area contributed by atoms with E-state index >= 15 is 0 Å². The summed E-state index contributed by atoms with van der Waals surface area (Å²) in [5, 5.41) is 17.2. The number of nitrogens with one attached hydrogen (secondary N) is 2. The van der Waals surface area contributed by atoms with Crippen LogP contribution < -0.4 is 10.6 Å². The van der Waals surface area contributed by atoms with Gasteiger partial charge in [0, 0.05) is 30.9 Å². The van der Waals surface area contributed by atoms with Crippen LogP contribution in [0.4, 0.5) is 5.69 Å². The van der Waals surface area contributed by atoms with E-state index in [1.807, 2.05) is 18.2 Å². The summed E-state index contributed by atoms with van der Waals surface area (Å²) in [6.07, 6.45) is 2.45. The third kappa shape index (κ3) is 5.27. The van der Waals surface area contributed by atoms with Gasteiger partial charge in [-0.25, -0.2) is 4.68 Å². The predicted molar refractivity (Wildman–Crippen MR) is 136 cm³/mol. The van der Waals surface area contributed by atoms with Crippen LogP contribution in [0.15, 0.2) is 67.0 Å². The molecule has 1 aliphatic heterocycles. The predicted octanol–water partition coefficient (Wildman–Crippen LogP) is 3.49. The fourth-order valence-corrected chi connectivity index (χ4v) is 4.39. The molecule has 0 radical (unpaired) electrons. The summed E-state index contributed by atoms with van der Waals surface area (Å²) in [6, 6.07) is 18.2. The average molecular weight is 502 g/mol. The number of anilines is 1. The Morgan fingerprint density at radius 3 is 2.75 bits per heavy atom. The van der Waals surface area contributed by atoms with E-state index < -0.39 is 0 Å². The van der Waals surface area contributed by atoms with Crippen LogP contribution in [-0.4, -0.2) is 50.5 Å². The van der Waals surface area contributed by atoms with Crippen molar-refractivity contribution in [2.24, 2.45) is 0 Å². The number of amides is 2. The van der Waals surface area contributed by atoms with E-state index in [2.05, 4.69) is 44.2 Å². The molecule has 10 heteroatoms. The van der Waals surface area contributed by atoms with Crippen LogP contribution >= 0.6 is 11.6 Å². The number of tetrazole rings is 1. The van der Waals surface area contributed by atoms with Crippen LogP contribution in [0.25, 0.3) is 5.69 Å². The molecule has 2 amide bonds. The van der Waals surface area contributed by atoms with Crippen molar-refractivity contribution in [3.8, 4) is 5.69 Å². The Balaban J connectivity index is 1.24. The van der Waals surface area contributed by atoms with E-state index in [0.29, 0.717) is 21.8 Å². The monoisotopic (exact) mass is 501 g/mol. The summed E-state index contributed by atoms with van der Waals surface area (Å²) in [7, 11) is 2.09. The maximum absolute atomic E-state index is 12.9. The number of nitrogens with zero attached hydrogens (tertiary/aromatic N) is 5. The van der Waals surface area contributed by atoms with Crippen molar-refractivity contribution in [1.29, 1.82) is 0 Å². The summed E-state index contributed by atoms with van der Waals surface area (Å²) >= 11 is 6.25. The number of hydrogen-bond donors (Lipinski definition) is 2. The van der Waals surface area contributed by atoms with Crippen molar-refractivity contribution < 1.29 is 9.59 Å². The molecule has 5 rings (SSSR count). The Morgan fingerprint density at radius 2 is 1.92 bits per heavy atom. The lowest BCUT2D eigenvalue weighted by molar-refractivity contribution is 0.0950. The molecule has 0 bridgehead atoms. The second kappa shape index (κ2) is 10.3. The van der Waals surface area contributed by atoms with E-state index in [1.54, 1.807) is 36.4 Å². The number of benzene rings is 3. The largest absolute Gasteiger partial charge is 0.348 e. The molecule has 0 unspecified atom stereocenters. The van der Waals surface area contributed by atoms with Crippen LogP contribution in [0.1, 0.15) is 37.4 Å². The molecule has 2 heterocycles. The highest BCUT2D eigenvalue weighted by Crippen LogP contribution is 2.23. The van der Waals surface area contributed by atoms with Gasteiger partial charge in [0.05, 0.1) is 16.3 Å². The lowest BCUT2D eigenvalue weighted by Gasteiger charge is -2.25. The summed E-state index contributed by atoms with van der Waals surface area (Å²) in [6.45, 7) is 2.15. The Hall–Kier alpha value is -4.08. The standard InChI is InChI=1S/C26H24ClN7O2/c1-33-10-9-18-5-6-21(12-20(18)15-33)30-25(35)19-4-2-3-17(11-19)14-28-26(36)23-13-22(7-8-24(23)27)34-16-29-31-32-34/h2-8,11-13,16H,9-10,14-15H2,1H3,(H,28,36)(H,30,35). The zero-order valence-corrected chi connectivity index (χ0v) is 20.4. The Bertz CT molecular complexity index is 1420. The van der Waals surface area contributed by atoms with Crippen molar-refractivity contribution >= 4 is 29.1 Å². The van der Waals surface area contributed by atoms with Crippen LogP contribution in [0, 0.1) is 0 Å². The third-order valence-corrected chi connectivity index (χ3v) is 6.45. The molecule has 182 valence electrons. The van der Waals surface area contributed by atoms with E-state index in [9.17, 15) is 9.59 Å². The summed E-state index contributed by atoms with van der Waals surface area (Å²) in [4.78, 5) is 28.0. The van der Waals surface area contributed by atoms with Crippen molar-refractivity contribution in [2.75, 3.05) is 18.9 Å². The molecular formula is C26H24ClN7O2. The fraction of sp³-hybridized carbons (Fsp3) is 0.192. The molecule has 36 heavy (non-hydrogen) atoms. The summed E-state index contributed by atoms with van der Waals surface area (Å²) in [5.41, 5.74) is 5.54. The number of carbonyl (C=O) groups is 2. The Morgan fingerprint density at radius 1 is 1.03 bits per heavy atom. The van der Waals surface area contributed by atoms with Crippen LogP contribution in [0.3, 0.4) is 0 Å². The first kappa shape index (κ1) is 23.7. The van der Waals surface area contributed by atoms with Gasteiger partial charge in [-0.3, -0.25) is 9.59 Å². The van der Waals surface area contributed by atoms with Gasteiger partial charge in [-0.05, 0) is 83.1 Å². The number of hydrogen-bond acceptors (Lipinski definition) is 6. The van der Waals surface area contributed by atoms with E-state index in [0.717, 1.165) is 30.8 Å². The minimum atomic E-state index is -0.344. The van der Waals surface area contributed by atoms with E-state index in [1.165, 1.54) is 22.1 Å². The lowest BCUT2D eigenvalue weighted by Crippen LogP contribution is -2.26. The number of halogens is 1. The number of carbonyl (C=O) groups excluding carboxylic acids is 2. The molecule has 0 spiro atoms. The van der Waals surface area contributed by atoms with Gasteiger partial charge in [0.1, 0.15) is 6.33 Å². The summed E-state index contributed by atoms with van der Waals surface area (Å²) < 4.78 is 1.44. The molecular weight excluding hydrogens is 478 g/mol. The Labute approximate surface area is 213 Å². The smallest absolute Gasteiger partial charge is 0.255 e. The highest BCUT2D eigenvalue weighted by Gasteiger charge is 2.16. The van der Waals surface area contributed by atoms with Crippen LogP contribution in [0.5, 0.6) is 0 Å². The normalized spacial score (nSPS) is 13.2. The van der Waals surface area contributed by atoms with Crippen molar-refractivity contribution in [2.45, 2.75) is 19.5 Å². The van der Waals surface area contributed by atoms with Crippen molar-refractivity contribution in [1.82, 2.24) is 30.4 Å². The molecule has 2 N–H and O–H groups in total. The van der Waals surface area contributed by atoms with Gasteiger partial charge in [-0.1, -0.05) is 29.8 Å². The number of rotatable bonds is 6. The molecule has 0 aliphatic carbocycles. The highest BCUT2D eigenvalue weighted by molar-refractivity contribution is 6.33. The molecule has 3 aromatic carbocycles. The molecule has 0 fully saturated rings. The minimum Gasteiger partial charge on any atom is -0.348 e. The first-order chi connectivity index (χ1) is 17.5. The third-order valence-electron chi connectivity index (χ3n) is 6.12. The van der Waals surface area contributed by atoms with Gasteiger partial charge < -0.3 is 15.5 Å². The maximum Gasteiger partial charge on any atom is 0.255 e. The van der Waals surface area contributed by atoms with Gasteiger partial charge in [0.25, 0.3) is 11.8 Å². The van der Waals surface area contributed by atoms with Gasteiger partial charge in [0.2, 0.25) is 0 Å². The topological polar surface area (TPSA) is 105 Å². The quantitative estimate of drug-likeness (QED) is 0.419. The van der Waals surface area contributed by atoms with Crippen molar-refractivity contribution in [3.63, 3.8) is 0 Å². The van der Waals surface area contributed by atoms with Gasteiger partial charge in [-0.2, -0.15) is 0 Å². The average Bonchev–Trinajstić information content (AvgIpc) is 3.42. The van der Waals surface area contributed by atoms with Crippen molar-refractivity contribution in [3.05, 3.63) is 99.8 Å². The zero-order chi connectivity index (χ0) is 25.1. The van der Waals surface area contributed by atoms with Gasteiger partial charge in [0.15, 0.2) is 0 Å². The van der Waals surface area contributed by atoms with Gasteiger partial charge in [-0.15, -0.1) is 5.10 Å². The Kier molecular flexibility index (Phi) is 6.75.